The second-order valence-electron chi connectivity index (χ2n) is 9.08. The molecule has 0 saturated heterocycles. The normalized spacial score (nSPS) is 14.1. The quantitative estimate of drug-likeness (QED) is 0.320. The molecule has 0 bridgehead atoms. The Morgan fingerprint density at radius 3 is 2.42 bits per heavy atom. The van der Waals surface area contributed by atoms with Crippen LogP contribution >= 0.6 is 0 Å². The Morgan fingerprint density at radius 1 is 1.08 bits per heavy atom. The van der Waals surface area contributed by atoms with Crippen molar-refractivity contribution < 1.29 is 17.9 Å². The van der Waals surface area contributed by atoms with Crippen LogP contribution in [0.3, 0.4) is 0 Å². The van der Waals surface area contributed by atoms with E-state index in [2.05, 4.69) is 10.3 Å². The highest BCUT2D eigenvalue weighted by Gasteiger charge is 2.27. The fourth-order valence-electron chi connectivity index (χ4n) is 4.30. The number of hydrogen-bond donors (Lipinski definition) is 1. The van der Waals surface area contributed by atoms with Gasteiger partial charge in [0.1, 0.15) is 11.4 Å². The lowest BCUT2D eigenvalue weighted by molar-refractivity contribution is 0.413. The number of hydrogen-bond acceptors (Lipinski definition) is 4. The van der Waals surface area contributed by atoms with E-state index in [9.17, 15) is 18.0 Å². The molecule has 0 unspecified atom stereocenters. The number of aryl methyl sites for hydroxylation is 1. The van der Waals surface area contributed by atoms with Gasteiger partial charge in [0.15, 0.2) is 17.5 Å². The number of nitrogens with one attached hydrogen (secondary N) is 1. The Kier molecular flexibility index (Phi) is 6.07. The van der Waals surface area contributed by atoms with Crippen molar-refractivity contribution in [2.75, 3.05) is 12.4 Å². The minimum atomic E-state index is -1.53. The van der Waals surface area contributed by atoms with Gasteiger partial charge in [-0.05, 0) is 74.1 Å². The monoisotopic (exact) mass is 494 g/mol. The number of benzene rings is 2. The molecule has 1 atom stereocenters. The topological polar surface area (TPSA) is 61.1 Å². The second kappa shape index (κ2) is 9.22. The van der Waals surface area contributed by atoms with E-state index in [-0.39, 0.29) is 11.1 Å². The maximum atomic E-state index is 13.9. The third kappa shape index (κ3) is 4.48. The van der Waals surface area contributed by atoms with Crippen LogP contribution in [0.25, 0.3) is 5.69 Å². The molecule has 1 aliphatic carbocycles. The molecule has 2 aromatic carbocycles. The Hall–Kier alpha value is -4.01. The van der Waals surface area contributed by atoms with Crippen molar-refractivity contribution in [1.29, 1.82) is 0 Å². The summed E-state index contributed by atoms with van der Waals surface area (Å²) in [4.78, 5) is 17.7. The molecule has 9 heteroatoms. The second-order valence-corrected chi connectivity index (χ2v) is 9.08. The van der Waals surface area contributed by atoms with Crippen molar-refractivity contribution in [3.8, 4) is 11.4 Å². The molecule has 186 valence electrons. The summed E-state index contributed by atoms with van der Waals surface area (Å²) in [7, 11) is 1.57. The lowest BCUT2D eigenvalue weighted by Gasteiger charge is -2.20. The molecule has 2 heterocycles. The number of methoxy groups -OCH3 is 1. The van der Waals surface area contributed by atoms with Gasteiger partial charge in [0, 0.05) is 24.1 Å². The number of anilines is 2. The van der Waals surface area contributed by atoms with Crippen LogP contribution in [0.4, 0.5) is 24.5 Å². The largest absolute Gasteiger partial charge is 0.494 e. The Morgan fingerprint density at radius 2 is 1.81 bits per heavy atom. The van der Waals surface area contributed by atoms with Crippen LogP contribution in [0.1, 0.15) is 48.5 Å². The highest BCUT2D eigenvalue weighted by molar-refractivity contribution is 5.65. The van der Waals surface area contributed by atoms with Crippen molar-refractivity contribution in [2.24, 2.45) is 0 Å². The van der Waals surface area contributed by atoms with Gasteiger partial charge in [0.2, 0.25) is 0 Å². The average molecular weight is 495 g/mol. The fourth-order valence-corrected chi connectivity index (χ4v) is 4.30. The van der Waals surface area contributed by atoms with E-state index >= 15 is 0 Å². The molecule has 2 aromatic heterocycles. The number of halogens is 3. The fraction of sp³-hybridized carbons (Fsp3) is 0.259. The first-order chi connectivity index (χ1) is 17.2. The molecule has 6 nitrogen and oxygen atoms in total. The molecule has 1 saturated carbocycles. The van der Waals surface area contributed by atoms with Gasteiger partial charge in [-0.15, -0.1) is 0 Å². The highest BCUT2D eigenvalue weighted by Crippen LogP contribution is 2.41. The zero-order valence-electron chi connectivity index (χ0n) is 20.1. The molecule has 36 heavy (non-hydrogen) atoms. The maximum Gasteiger partial charge on any atom is 0.274 e. The summed E-state index contributed by atoms with van der Waals surface area (Å²) in [5.41, 5.74) is 3.36. The van der Waals surface area contributed by atoms with E-state index in [0.29, 0.717) is 23.0 Å². The van der Waals surface area contributed by atoms with Gasteiger partial charge < -0.3 is 19.2 Å². The van der Waals surface area contributed by atoms with Crippen molar-refractivity contribution in [1.82, 2.24) is 14.1 Å². The summed E-state index contributed by atoms with van der Waals surface area (Å²) in [6, 6.07) is 8.42. The van der Waals surface area contributed by atoms with Crippen molar-refractivity contribution in [2.45, 2.75) is 38.6 Å². The highest BCUT2D eigenvalue weighted by atomic mass is 19.2. The smallest absolute Gasteiger partial charge is 0.274 e. The van der Waals surface area contributed by atoms with Crippen LogP contribution in [0.5, 0.6) is 5.75 Å². The summed E-state index contributed by atoms with van der Waals surface area (Å²) in [6.07, 6.45) is 7.29. The third-order valence-corrected chi connectivity index (χ3v) is 6.47. The van der Waals surface area contributed by atoms with Crippen LogP contribution in [0, 0.1) is 24.4 Å². The van der Waals surface area contributed by atoms with Crippen molar-refractivity contribution in [3.05, 3.63) is 99.7 Å². The van der Waals surface area contributed by atoms with Gasteiger partial charge in [0.05, 0.1) is 30.9 Å². The molecule has 0 radical (unpaired) electrons. The SMILES string of the molecule is COc1cc(Nc2cc(C3CC3)cn([C@@H](C)c3cc(F)c(F)c(F)c3)c2=O)ccc1-n1cnc(C)c1. The van der Waals surface area contributed by atoms with Crippen molar-refractivity contribution in [3.63, 3.8) is 0 Å². The first-order valence-corrected chi connectivity index (χ1v) is 11.6. The maximum absolute atomic E-state index is 13.9. The van der Waals surface area contributed by atoms with Crippen LogP contribution < -0.4 is 15.6 Å². The summed E-state index contributed by atoms with van der Waals surface area (Å²) in [5.74, 6) is -3.21. The van der Waals surface area contributed by atoms with E-state index in [1.807, 2.05) is 35.9 Å². The van der Waals surface area contributed by atoms with E-state index < -0.39 is 23.5 Å². The van der Waals surface area contributed by atoms with Crippen LogP contribution in [-0.2, 0) is 0 Å². The predicted molar refractivity (Wildman–Crippen MR) is 131 cm³/mol. The molecular formula is C27H25F3N4O2. The van der Waals surface area contributed by atoms with E-state index in [1.165, 1.54) is 4.57 Å². The van der Waals surface area contributed by atoms with Crippen LogP contribution in [0.15, 0.2) is 59.9 Å². The zero-order valence-corrected chi connectivity index (χ0v) is 20.1. The van der Waals surface area contributed by atoms with Gasteiger partial charge >= 0.3 is 0 Å². The zero-order chi connectivity index (χ0) is 25.6. The molecule has 4 aromatic rings. The minimum absolute atomic E-state index is 0.161. The molecule has 1 fully saturated rings. The molecule has 1 N–H and O–H groups in total. The summed E-state index contributed by atoms with van der Waals surface area (Å²) >= 11 is 0. The van der Waals surface area contributed by atoms with Gasteiger partial charge in [-0.25, -0.2) is 18.2 Å². The van der Waals surface area contributed by atoms with Crippen LogP contribution in [-0.4, -0.2) is 21.2 Å². The number of aromatic nitrogens is 3. The van der Waals surface area contributed by atoms with E-state index in [0.717, 1.165) is 41.9 Å². The van der Waals surface area contributed by atoms with Crippen LogP contribution in [0.2, 0.25) is 0 Å². The Bertz CT molecular complexity index is 1480. The number of imidazole rings is 1. The Balaban J connectivity index is 1.53. The number of ether oxygens (including phenoxy) is 1. The van der Waals surface area contributed by atoms with Gasteiger partial charge in [-0.1, -0.05) is 0 Å². The van der Waals surface area contributed by atoms with E-state index in [1.54, 1.807) is 32.6 Å². The molecule has 0 amide bonds. The number of pyridine rings is 1. The first-order valence-electron chi connectivity index (χ1n) is 11.6. The predicted octanol–water partition coefficient (Wildman–Crippen LogP) is 6.00. The molecule has 1 aliphatic rings. The van der Waals surface area contributed by atoms with Gasteiger partial charge in [0.25, 0.3) is 5.56 Å². The standard InChI is InChI=1S/C27H25F3N4O2/c1-15-12-33(14-31-15)24-7-6-20(11-25(24)36-3)32-23-10-19(17-4-5-17)13-34(27(23)35)16(2)18-8-21(28)26(30)22(29)9-18/h6-14,16-17,32H,4-5H2,1-3H3/t16-/m0/s1. The van der Waals surface area contributed by atoms with Crippen molar-refractivity contribution >= 4 is 11.4 Å². The van der Waals surface area contributed by atoms with Gasteiger partial charge in [-0.2, -0.15) is 0 Å². The van der Waals surface area contributed by atoms with E-state index in [4.69, 9.17) is 4.74 Å². The summed E-state index contributed by atoms with van der Waals surface area (Å²) < 4.78 is 50.1. The lowest BCUT2D eigenvalue weighted by atomic mass is 10.1. The minimum Gasteiger partial charge on any atom is -0.494 e. The lowest BCUT2D eigenvalue weighted by Crippen LogP contribution is -2.26. The summed E-state index contributed by atoms with van der Waals surface area (Å²) in [6.45, 7) is 3.55. The number of nitrogens with zero attached hydrogens (tertiary/aromatic N) is 3. The molecule has 5 rings (SSSR count). The average Bonchev–Trinajstić information content (AvgIpc) is 3.63. The Labute approximate surface area is 206 Å². The number of rotatable bonds is 7. The van der Waals surface area contributed by atoms with Gasteiger partial charge in [-0.3, -0.25) is 4.79 Å². The molecule has 0 aliphatic heterocycles. The molecule has 0 spiro atoms. The third-order valence-electron chi connectivity index (χ3n) is 6.47. The molecular weight excluding hydrogens is 469 g/mol. The first kappa shape index (κ1) is 23.7. The summed E-state index contributed by atoms with van der Waals surface area (Å²) in [5, 5.41) is 3.19.